The van der Waals surface area contributed by atoms with E-state index in [1.165, 1.54) is 0 Å². The van der Waals surface area contributed by atoms with Crippen LogP contribution in [0.3, 0.4) is 0 Å². The van der Waals surface area contributed by atoms with Crippen molar-refractivity contribution in [2.24, 2.45) is 0 Å². The summed E-state index contributed by atoms with van der Waals surface area (Å²) >= 11 is 0. The summed E-state index contributed by atoms with van der Waals surface area (Å²) in [5, 5.41) is 0. The number of aromatic nitrogens is 1. The van der Waals surface area contributed by atoms with E-state index in [9.17, 15) is 4.79 Å². The Hall–Kier alpha value is -1.58. The van der Waals surface area contributed by atoms with Gasteiger partial charge in [-0.15, -0.1) is 0 Å². The number of ether oxygens (including phenoxy) is 1. The van der Waals surface area contributed by atoms with Crippen molar-refractivity contribution in [1.29, 1.82) is 0 Å². The molecule has 0 aromatic carbocycles. The summed E-state index contributed by atoms with van der Waals surface area (Å²) in [6, 6.07) is 3.43. The third kappa shape index (κ3) is 3.22. The summed E-state index contributed by atoms with van der Waals surface area (Å²) in [6.07, 6.45) is 3.65. The quantitative estimate of drug-likeness (QED) is 0.764. The molecule has 0 spiro atoms. The Bertz CT molecular complexity index is 335. The van der Waals surface area contributed by atoms with E-state index in [1.807, 2.05) is 7.05 Å². The van der Waals surface area contributed by atoms with Crippen LogP contribution in [0.5, 0.6) is 5.88 Å². The number of carbonyl (C=O) groups is 1. The van der Waals surface area contributed by atoms with Gasteiger partial charge in [0.2, 0.25) is 5.88 Å². The third-order valence-corrected chi connectivity index (χ3v) is 2.39. The highest BCUT2D eigenvalue weighted by Gasteiger charge is 2.11. The lowest BCUT2D eigenvalue weighted by Gasteiger charge is -2.16. The molecule has 0 unspecified atom stereocenters. The first kappa shape index (κ1) is 12.5. The summed E-state index contributed by atoms with van der Waals surface area (Å²) in [7, 11) is 3.36. The Morgan fingerprint density at radius 3 is 2.75 bits per heavy atom. The molecular formula is C12H18N2O2. The van der Waals surface area contributed by atoms with Crippen molar-refractivity contribution < 1.29 is 9.53 Å². The summed E-state index contributed by atoms with van der Waals surface area (Å²) in [4.78, 5) is 17.6. The van der Waals surface area contributed by atoms with Gasteiger partial charge in [-0.05, 0) is 12.5 Å². The fraction of sp³-hybridized carbons (Fsp3) is 0.500. The number of rotatable bonds is 5. The van der Waals surface area contributed by atoms with Gasteiger partial charge < -0.3 is 9.64 Å². The van der Waals surface area contributed by atoms with Crippen molar-refractivity contribution in [3.8, 4) is 5.88 Å². The highest BCUT2D eigenvalue weighted by molar-refractivity contribution is 5.93. The van der Waals surface area contributed by atoms with Gasteiger partial charge >= 0.3 is 0 Å². The molecule has 1 aromatic rings. The molecule has 0 N–H and O–H groups in total. The van der Waals surface area contributed by atoms with E-state index in [1.54, 1.807) is 30.3 Å². The van der Waals surface area contributed by atoms with Crippen LogP contribution in [0.4, 0.5) is 0 Å². The fourth-order valence-electron chi connectivity index (χ4n) is 1.34. The number of hydrogen-bond acceptors (Lipinski definition) is 3. The number of nitrogens with zero attached hydrogens (tertiary/aromatic N) is 2. The highest BCUT2D eigenvalue weighted by Crippen LogP contribution is 2.08. The zero-order valence-electron chi connectivity index (χ0n) is 10.1. The molecule has 0 atom stereocenters. The number of hydrogen-bond donors (Lipinski definition) is 0. The maximum atomic E-state index is 11.9. The van der Waals surface area contributed by atoms with Gasteiger partial charge in [-0.2, -0.15) is 0 Å². The van der Waals surface area contributed by atoms with Gasteiger partial charge in [-0.1, -0.05) is 13.3 Å². The molecule has 0 bridgehead atoms. The van der Waals surface area contributed by atoms with E-state index >= 15 is 0 Å². The maximum absolute atomic E-state index is 11.9. The molecule has 16 heavy (non-hydrogen) atoms. The van der Waals surface area contributed by atoms with Crippen LogP contribution in [0.15, 0.2) is 18.3 Å². The molecule has 1 aromatic heterocycles. The zero-order valence-corrected chi connectivity index (χ0v) is 10.1. The molecule has 4 heteroatoms. The molecule has 0 aliphatic heterocycles. The smallest absolute Gasteiger partial charge is 0.255 e. The average Bonchev–Trinajstić information content (AvgIpc) is 2.35. The molecular weight excluding hydrogens is 204 g/mol. The van der Waals surface area contributed by atoms with Crippen LogP contribution >= 0.6 is 0 Å². The molecule has 1 rings (SSSR count). The van der Waals surface area contributed by atoms with E-state index in [2.05, 4.69) is 11.9 Å². The minimum Gasteiger partial charge on any atom is -0.481 e. The molecule has 1 amide bonds. The summed E-state index contributed by atoms with van der Waals surface area (Å²) in [5.74, 6) is 0.524. The minimum absolute atomic E-state index is 0.00334. The van der Waals surface area contributed by atoms with Crippen LogP contribution in [0.2, 0.25) is 0 Å². The Morgan fingerprint density at radius 1 is 1.50 bits per heavy atom. The normalized spacial score (nSPS) is 9.94. The molecule has 0 radical (unpaired) electrons. The van der Waals surface area contributed by atoms with Crippen molar-refractivity contribution in [3.05, 3.63) is 23.9 Å². The van der Waals surface area contributed by atoms with Gasteiger partial charge in [-0.3, -0.25) is 4.79 Å². The van der Waals surface area contributed by atoms with E-state index in [0.29, 0.717) is 11.4 Å². The van der Waals surface area contributed by atoms with Gasteiger partial charge in [0.1, 0.15) is 0 Å². The third-order valence-electron chi connectivity index (χ3n) is 2.39. The van der Waals surface area contributed by atoms with Crippen LogP contribution in [0.25, 0.3) is 0 Å². The predicted octanol–water partition coefficient (Wildman–Crippen LogP) is 1.96. The van der Waals surface area contributed by atoms with Crippen molar-refractivity contribution in [1.82, 2.24) is 9.88 Å². The molecule has 0 aliphatic carbocycles. The van der Waals surface area contributed by atoms with Crippen LogP contribution in [0, 0.1) is 0 Å². The van der Waals surface area contributed by atoms with E-state index in [-0.39, 0.29) is 5.91 Å². The second-order valence-corrected chi connectivity index (χ2v) is 3.67. The first-order valence-electron chi connectivity index (χ1n) is 5.44. The number of amides is 1. The summed E-state index contributed by atoms with van der Waals surface area (Å²) in [5.41, 5.74) is 0.597. The van der Waals surface area contributed by atoms with Crippen LogP contribution < -0.4 is 4.74 Å². The Balaban J connectivity index is 2.64. The van der Waals surface area contributed by atoms with Crippen molar-refractivity contribution in [3.63, 3.8) is 0 Å². The van der Waals surface area contributed by atoms with Gasteiger partial charge in [0.15, 0.2) is 0 Å². The number of pyridine rings is 1. The van der Waals surface area contributed by atoms with Gasteiger partial charge in [0, 0.05) is 25.9 Å². The zero-order chi connectivity index (χ0) is 12.0. The molecule has 4 nitrogen and oxygen atoms in total. The first-order valence-corrected chi connectivity index (χ1v) is 5.44. The molecule has 0 saturated heterocycles. The van der Waals surface area contributed by atoms with Crippen LogP contribution in [-0.2, 0) is 0 Å². The lowest BCUT2D eigenvalue weighted by molar-refractivity contribution is 0.0793. The Labute approximate surface area is 96.2 Å². The minimum atomic E-state index is 0.00334. The van der Waals surface area contributed by atoms with Gasteiger partial charge in [-0.25, -0.2) is 4.98 Å². The van der Waals surface area contributed by atoms with E-state index in [0.717, 1.165) is 19.4 Å². The van der Waals surface area contributed by atoms with Crippen LogP contribution in [-0.4, -0.2) is 36.5 Å². The average molecular weight is 222 g/mol. The molecule has 0 saturated carbocycles. The van der Waals surface area contributed by atoms with Crippen molar-refractivity contribution in [2.75, 3.05) is 20.7 Å². The van der Waals surface area contributed by atoms with E-state index in [4.69, 9.17) is 4.74 Å². The SMILES string of the molecule is CCCCN(C)C(=O)c1ccc(OC)nc1. The molecule has 0 aliphatic rings. The van der Waals surface area contributed by atoms with Crippen LogP contribution in [0.1, 0.15) is 30.1 Å². The number of unbranched alkanes of at least 4 members (excludes halogenated alkanes) is 1. The standard InChI is InChI=1S/C12H18N2O2/c1-4-5-8-14(2)12(15)10-6-7-11(16-3)13-9-10/h6-7,9H,4-5,8H2,1-3H3. The number of methoxy groups -OCH3 is 1. The largest absolute Gasteiger partial charge is 0.481 e. The van der Waals surface area contributed by atoms with Gasteiger partial charge in [0.05, 0.1) is 12.7 Å². The first-order chi connectivity index (χ1) is 7.69. The Morgan fingerprint density at radius 2 is 2.25 bits per heavy atom. The van der Waals surface area contributed by atoms with Crippen molar-refractivity contribution in [2.45, 2.75) is 19.8 Å². The monoisotopic (exact) mass is 222 g/mol. The summed E-state index contributed by atoms with van der Waals surface area (Å²) < 4.78 is 4.94. The van der Waals surface area contributed by atoms with Crippen molar-refractivity contribution >= 4 is 5.91 Å². The second-order valence-electron chi connectivity index (χ2n) is 3.67. The van der Waals surface area contributed by atoms with Gasteiger partial charge in [0.25, 0.3) is 5.91 Å². The topological polar surface area (TPSA) is 42.4 Å². The maximum Gasteiger partial charge on any atom is 0.255 e. The Kier molecular flexibility index (Phi) is 4.76. The molecule has 1 heterocycles. The highest BCUT2D eigenvalue weighted by atomic mass is 16.5. The molecule has 0 fully saturated rings. The molecule has 88 valence electrons. The van der Waals surface area contributed by atoms with E-state index < -0.39 is 0 Å². The lowest BCUT2D eigenvalue weighted by atomic mass is 10.2. The summed E-state index contributed by atoms with van der Waals surface area (Å²) in [6.45, 7) is 2.88. The predicted molar refractivity (Wildman–Crippen MR) is 62.7 cm³/mol. The number of carbonyl (C=O) groups excluding carboxylic acids is 1. The lowest BCUT2D eigenvalue weighted by Crippen LogP contribution is -2.27. The second kappa shape index (κ2) is 6.10. The fourth-order valence-corrected chi connectivity index (χ4v) is 1.34.